The first kappa shape index (κ1) is 21.3. The Morgan fingerprint density at radius 1 is 1.14 bits per heavy atom. The number of fused-ring (bicyclic) bond motifs is 1. The molecule has 2 aromatic heterocycles. The molecule has 1 amide bonds. The van der Waals surface area contributed by atoms with Crippen LogP contribution >= 0.6 is 0 Å². The van der Waals surface area contributed by atoms with Gasteiger partial charge in [-0.2, -0.15) is 4.52 Å². The predicted molar refractivity (Wildman–Crippen MR) is 113 cm³/mol. The summed E-state index contributed by atoms with van der Waals surface area (Å²) < 4.78 is 7.19. The van der Waals surface area contributed by atoms with Crippen molar-refractivity contribution < 1.29 is 9.53 Å². The molecule has 0 radical (unpaired) electrons. The average Bonchev–Trinajstić information content (AvgIpc) is 3.03. The van der Waals surface area contributed by atoms with Gasteiger partial charge in [-0.1, -0.05) is 33.6 Å². The van der Waals surface area contributed by atoms with Gasteiger partial charge in [0, 0.05) is 18.0 Å². The smallest absolute Gasteiger partial charge is 0.407 e. The van der Waals surface area contributed by atoms with Crippen molar-refractivity contribution >= 4 is 17.6 Å². The number of amides is 1. The fourth-order valence-corrected chi connectivity index (χ4v) is 3.69. The minimum atomic E-state index is -0.489. The third-order valence-electron chi connectivity index (χ3n) is 5.08. The van der Waals surface area contributed by atoms with Crippen LogP contribution in [0.2, 0.25) is 0 Å². The van der Waals surface area contributed by atoms with Crippen molar-refractivity contribution in [3.05, 3.63) is 18.0 Å². The number of hydrogen-bond donors (Lipinski definition) is 2. The normalized spacial score (nSPS) is 20.5. The summed E-state index contributed by atoms with van der Waals surface area (Å²) in [5.74, 6) is 1.97. The summed E-state index contributed by atoms with van der Waals surface area (Å²) in [5.41, 5.74) is 0.111. The van der Waals surface area contributed by atoms with Crippen molar-refractivity contribution in [2.45, 2.75) is 84.3 Å². The average molecular weight is 403 g/mol. The van der Waals surface area contributed by atoms with E-state index in [4.69, 9.17) is 9.84 Å². The summed E-state index contributed by atoms with van der Waals surface area (Å²) in [5, 5.41) is 19.8. The quantitative estimate of drug-likeness (QED) is 0.805. The van der Waals surface area contributed by atoms with Crippen molar-refractivity contribution in [1.29, 1.82) is 0 Å². The van der Waals surface area contributed by atoms with E-state index >= 15 is 0 Å². The van der Waals surface area contributed by atoms with Crippen molar-refractivity contribution in [3.8, 4) is 0 Å². The molecule has 2 aromatic rings. The minimum Gasteiger partial charge on any atom is -0.444 e. The molecule has 1 saturated carbocycles. The lowest BCUT2D eigenvalue weighted by molar-refractivity contribution is 0.0514. The van der Waals surface area contributed by atoms with Crippen molar-refractivity contribution in [2.75, 3.05) is 11.9 Å². The lowest BCUT2D eigenvalue weighted by Crippen LogP contribution is -2.42. The highest BCUT2D eigenvalue weighted by Gasteiger charge is 2.27. The number of anilines is 1. The molecule has 0 spiro atoms. The number of alkyl carbamates (subject to hydrolysis) is 1. The Hall–Kier alpha value is -2.38. The van der Waals surface area contributed by atoms with Crippen LogP contribution in [0.1, 0.15) is 73.1 Å². The molecule has 0 saturated heterocycles. The molecule has 2 atom stereocenters. The monoisotopic (exact) mass is 402 g/mol. The van der Waals surface area contributed by atoms with Crippen molar-refractivity contribution in [3.63, 3.8) is 0 Å². The zero-order chi connectivity index (χ0) is 21.2. The third kappa shape index (κ3) is 5.58. The Labute approximate surface area is 172 Å². The van der Waals surface area contributed by atoms with Crippen LogP contribution in [0.25, 0.3) is 5.65 Å². The van der Waals surface area contributed by atoms with Gasteiger partial charge in [0.05, 0.1) is 0 Å². The molecular weight excluding hydrogens is 368 g/mol. The minimum absolute atomic E-state index is 0.143. The molecule has 8 heteroatoms. The van der Waals surface area contributed by atoms with Gasteiger partial charge in [0.25, 0.3) is 0 Å². The molecule has 1 fully saturated rings. The molecule has 0 aliphatic heterocycles. The summed E-state index contributed by atoms with van der Waals surface area (Å²) in [4.78, 5) is 12.0. The van der Waals surface area contributed by atoms with E-state index in [2.05, 4.69) is 41.6 Å². The Morgan fingerprint density at radius 2 is 1.86 bits per heavy atom. The van der Waals surface area contributed by atoms with Gasteiger partial charge < -0.3 is 15.4 Å². The first-order chi connectivity index (χ1) is 13.5. The molecule has 2 N–H and O–H groups in total. The number of carbonyl (C=O) groups excluding carboxylic acids is 1. The molecule has 2 heterocycles. The summed E-state index contributed by atoms with van der Waals surface area (Å²) in [6.07, 6.45) is 4.10. The number of carbonyl (C=O) groups is 1. The number of nitrogens with one attached hydrogen (secondary N) is 2. The van der Waals surface area contributed by atoms with E-state index < -0.39 is 5.60 Å². The summed E-state index contributed by atoms with van der Waals surface area (Å²) in [6.45, 7) is 12.5. The topological polar surface area (TPSA) is 93.4 Å². The Morgan fingerprint density at radius 3 is 2.55 bits per heavy atom. The maximum Gasteiger partial charge on any atom is 0.407 e. The molecule has 160 valence electrons. The van der Waals surface area contributed by atoms with Crippen LogP contribution < -0.4 is 10.6 Å². The summed E-state index contributed by atoms with van der Waals surface area (Å²) in [7, 11) is 0. The van der Waals surface area contributed by atoms with Crippen LogP contribution in [0.3, 0.4) is 0 Å². The highest BCUT2D eigenvalue weighted by atomic mass is 16.6. The summed E-state index contributed by atoms with van der Waals surface area (Å²) in [6, 6.07) is 4.14. The molecule has 0 aromatic carbocycles. The molecule has 29 heavy (non-hydrogen) atoms. The fraction of sp³-hybridized carbons (Fsp3) is 0.714. The Kier molecular flexibility index (Phi) is 6.00. The van der Waals surface area contributed by atoms with E-state index in [1.807, 2.05) is 37.4 Å². The Bertz CT molecular complexity index is 849. The number of rotatable bonds is 4. The maximum atomic E-state index is 12.0. The second-order valence-electron chi connectivity index (χ2n) is 9.94. The van der Waals surface area contributed by atoms with E-state index in [1.165, 1.54) is 12.8 Å². The van der Waals surface area contributed by atoms with Crippen molar-refractivity contribution in [1.82, 2.24) is 25.1 Å². The van der Waals surface area contributed by atoms with Gasteiger partial charge in [0.1, 0.15) is 11.4 Å². The molecule has 2 unspecified atom stereocenters. The van der Waals surface area contributed by atoms with Crippen LogP contribution in [0.5, 0.6) is 0 Å². The lowest BCUT2D eigenvalue weighted by Gasteiger charge is -2.33. The van der Waals surface area contributed by atoms with E-state index in [-0.39, 0.29) is 17.6 Å². The fourth-order valence-electron chi connectivity index (χ4n) is 3.69. The number of aromatic nitrogens is 4. The molecule has 3 rings (SSSR count). The van der Waals surface area contributed by atoms with Crippen LogP contribution in [0, 0.1) is 5.92 Å². The molecule has 8 nitrogen and oxygen atoms in total. The van der Waals surface area contributed by atoms with Gasteiger partial charge >= 0.3 is 6.09 Å². The highest BCUT2D eigenvalue weighted by Crippen LogP contribution is 2.27. The van der Waals surface area contributed by atoms with Gasteiger partial charge in [0.2, 0.25) is 0 Å². The van der Waals surface area contributed by atoms with Gasteiger partial charge in [0.15, 0.2) is 11.5 Å². The number of hydrogen-bond acceptors (Lipinski definition) is 6. The van der Waals surface area contributed by atoms with E-state index in [1.54, 1.807) is 0 Å². The van der Waals surface area contributed by atoms with Gasteiger partial charge in [-0.05, 0) is 51.7 Å². The predicted octanol–water partition coefficient (Wildman–Crippen LogP) is 3.92. The maximum absolute atomic E-state index is 12.0. The number of ether oxygens (including phenoxy) is 1. The zero-order valence-corrected chi connectivity index (χ0v) is 18.5. The largest absolute Gasteiger partial charge is 0.444 e. The van der Waals surface area contributed by atoms with E-state index in [9.17, 15) is 4.79 Å². The first-order valence-corrected chi connectivity index (χ1v) is 10.5. The van der Waals surface area contributed by atoms with Crippen molar-refractivity contribution in [2.24, 2.45) is 5.92 Å². The van der Waals surface area contributed by atoms with E-state index in [0.717, 1.165) is 30.1 Å². The Balaban J connectivity index is 1.69. The molecule has 0 bridgehead atoms. The van der Waals surface area contributed by atoms with E-state index in [0.29, 0.717) is 12.5 Å². The summed E-state index contributed by atoms with van der Waals surface area (Å²) >= 11 is 0. The van der Waals surface area contributed by atoms with Gasteiger partial charge in [-0.15, -0.1) is 15.3 Å². The first-order valence-electron chi connectivity index (χ1n) is 10.5. The standard InChI is InChI=1S/C21H34N6O2/c1-20(2,3)18-25-24-17-12-11-16(26-27(17)18)23-15-10-8-7-9-14(15)13-22-19(28)29-21(4,5)6/h11-12,14-15H,7-10,13H2,1-6H3,(H,22,28)(H,23,26). The van der Waals surface area contributed by atoms with Gasteiger partial charge in [-0.25, -0.2) is 4.79 Å². The third-order valence-corrected chi connectivity index (χ3v) is 5.08. The second-order valence-corrected chi connectivity index (χ2v) is 9.94. The SMILES string of the molecule is CC(C)(C)OC(=O)NCC1CCCCC1Nc1ccc2nnc(C(C)(C)C)n2n1. The van der Waals surface area contributed by atoms with Gasteiger partial charge in [-0.3, -0.25) is 0 Å². The zero-order valence-electron chi connectivity index (χ0n) is 18.5. The lowest BCUT2D eigenvalue weighted by atomic mass is 9.84. The van der Waals surface area contributed by atoms with Crippen LogP contribution in [-0.2, 0) is 10.2 Å². The van der Waals surface area contributed by atoms with Crippen LogP contribution in [0.4, 0.5) is 10.6 Å². The highest BCUT2D eigenvalue weighted by molar-refractivity contribution is 5.67. The van der Waals surface area contributed by atoms with Crippen LogP contribution in [0.15, 0.2) is 12.1 Å². The molecule has 1 aliphatic rings. The van der Waals surface area contributed by atoms with Crippen LogP contribution in [-0.4, -0.2) is 44.1 Å². The molecule has 1 aliphatic carbocycles. The second kappa shape index (κ2) is 8.16. The number of nitrogens with zero attached hydrogens (tertiary/aromatic N) is 4. The molecular formula is C21H34N6O2.